The molecule has 26 nitrogen and oxygen atoms in total. The summed E-state index contributed by atoms with van der Waals surface area (Å²) in [7, 11) is -27.0. The van der Waals surface area contributed by atoms with Gasteiger partial charge in [-0.2, -0.15) is 10.2 Å². The standard InChI is InChI=1S/C29H22N8O18S5.5Na/c1-13-8-14(31-34-20-9-15(56(41,42)43)4-7-23(20)58(47,48)49)2-5-18(13)32-35-21-12-24(59(50,51)52)17-11-25(60(53,54)55)28(29(38)26(17)27(21)30)36-33-19-6-3-16(57(44,45)46)10-22(19)37(39)40;;;;;/h2-12,38H,30H2,1H3,(H,41,42,43)(H,44,45,46)(H,47,48,49)(H,50,51,52)(H,53,54,55);;;;;/q;5*+1/p-5. The Hall–Kier alpha value is -1.29. The molecule has 0 bridgehead atoms. The van der Waals surface area contributed by atoms with E-state index in [2.05, 4.69) is 30.7 Å². The Kier molecular flexibility index (Phi) is 23.5. The first-order chi connectivity index (χ1) is 27.5. The van der Waals surface area contributed by atoms with E-state index in [0.717, 1.165) is 0 Å². The van der Waals surface area contributed by atoms with Crippen LogP contribution in [0.5, 0.6) is 5.75 Å². The number of nitrogens with zero attached hydrogens (tertiary/aromatic N) is 7. The summed E-state index contributed by atoms with van der Waals surface area (Å²) in [6.07, 6.45) is 0. The maximum Gasteiger partial charge on any atom is 1.00 e. The zero-order valence-electron chi connectivity index (χ0n) is 34.0. The molecule has 0 radical (unpaired) electrons. The number of anilines is 1. The molecule has 0 spiro atoms. The molecule has 5 aromatic rings. The van der Waals surface area contributed by atoms with Crippen LogP contribution in [0.2, 0.25) is 0 Å². The average Bonchev–Trinajstić information content (AvgIpc) is 3.11. The molecule has 0 saturated heterocycles. The normalized spacial score (nSPS) is 12.2. The quantitative estimate of drug-likeness (QED) is 0.0293. The summed E-state index contributed by atoms with van der Waals surface area (Å²) in [5.74, 6) is -1.43. The Bertz CT molecular complexity index is 3380. The second kappa shape index (κ2) is 24.0. The fraction of sp³-hybridized carbons (Fsp3) is 0.0345. The molecule has 65 heavy (non-hydrogen) atoms. The van der Waals surface area contributed by atoms with E-state index < -0.39 is 131 Å². The monoisotopic (exact) mass is 1040 g/mol. The minimum Gasteiger partial charge on any atom is -0.744 e. The number of nitro groups is 1. The number of hydrogen-bond acceptors (Lipinski definition) is 25. The number of aryl methyl sites for hydroxylation is 1. The molecule has 5 aromatic carbocycles. The molecule has 0 unspecified atom stereocenters. The number of fused-ring (bicyclic) bond motifs is 1. The van der Waals surface area contributed by atoms with E-state index in [-0.39, 0.29) is 177 Å². The van der Waals surface area contributed by atoms with Crippen LogP contribution in [0.4, 0.5) is 45.5 Å². The molecule has 5 rings (SSSR count). The second-order valence-corrected chi connectivity index (χ2v) is 18.5. The number of nitrogens with two attached hydrogens (primary N) is 1. The van der Waals surface area contributed by atoms with Gasteiger partial charge >= 0.3 is 148 Å². The Balaban J connectivity index is 0.00000819. The first kappa shape index (κ1) is 63.7. The van der Waals surface area contributed by atoms with Crippen molar-refractivity contribution in [1.29, 1.82) is 0 Å². The number of aromatic hydroxyl groups is 1. The molecule has 36 heteroatoms. The van der Waals surface area contributed by atoms with E-state index in [1.807, 2.05) is 0 Å². The van der Waals surface area contributed by atoms with Crippen molar-refractivity contribution >= 4 is 107 Å². The van der Waals surface area contributed by atoms with Crippen molar-refractivity contribution in [2.24, 2.45) is 30.7 Å². The third-order valence-corrected chi connectivity index (χ3v) is 12.0. The van der Waals surface area contributed by atoms with Gasteiger partial charge in [-0.05, 0) is 73.2 Å². The van der Waals surface area contributed by atoms with Gasteiger partial charge in [0.25, 0.3) is 5.69 Å². The molecule has 0 atom stereocenters. The molecule has 0 aromatic heterocycles. The molecule has 316 valence electrons. The van der Waals surface area contributed by atoms with Crippen LogP contribution in [0, 0.1) is 17.0 Å². The van der Waals surface area contributed by atoms with Gasteiger partial charge in [0.2, 0.25) is 0 Å². The molecule has 0 amide bonds. The first-order valence-electron chi connectivity index (χ1n) is 15.2. The minimum atomic E-state index is -5.77. The van der Waals surface area contributed by atoms with Crippen molar-refractivity contribution in [3.8, 4) is 5.75 Å². The van der Waals surface area contributed by atoms with Crippen molar-refractivity contribution in [2.75, 3.05) is 5.73 Å². The number of benzene rings is 5. The number of rotatable bonds is 12. The maximum absolute atomic E-state index is 12.4. The van der Waals surface area contributed by atoms with Crippen molar-refractivity contribution < 1.29 is 223 Å². The summed E-state index contributed by atoms with van der Waals surface area (Å²) in [6, 6.07) is 7.51. The van der Waals surface area contributed by atoms with Crippen LogP contribution in [-0.4, -0.2) is 74.9 Å². The topological polar surface area (TPSA) is 450 Å². The largest absolute Gasteiger partial charge is 1.00 e. The van der Waals surface area contributed by atoms with Crippen LogP contribution in [-0.2, 0) is 50.6 Å². The second-order valence-electron chi connectivity index (χ2n) is 11.7. The predicted octanol–water partition coefficient (Wildman–Crippen LogP) is -10.9. The van der Waals surface area contributed by atoms with E-state index >= 15 is 0 Å². The van der Waals surface area contributed by atoms with Crippen molar-refractivity contribution in [3.63, 3.8) is 0 Å². The van der Waals surface area contributed by atoms with Crippen molar-refractivity contribution in [2.45, 2.75) is 31.4 Å². The Morgan fingerprint density at radius 1 is 0.523 bits per heavy atom. The van der Waals surface area contributed by atoms with Gasteiger partial charge in [0.05, 0.1) is 51.8 Å². The van der Waals surface area contributed by atoms with E-state index in [4.69, 9.17) is 5.73 Å². The third kappa shape index (κ3) is 15.3. The zero-order chi connectivity index (χ0) is 44.9. The van der Waals surface area contributed by atoms with Crippen molar-refractivity contribution in [3.05, 3.63) is 82.4 Å². The Labute approximate surface area is 478 Å². The number of hydrogen-bond donors (Lipinski definition) is 2. The first-order valence-corrected chi connectivity index (χ1v) is 22.2. The minimum absolute atomic E-state index is 0. The van der Waals surface area contributed by atoms with E-state index in [0.29, 0.717) is 36.4 Å². The fourth-order valence-electron chi connectivity index (χ4n) is 5.05. The van der Waals surface area contributed by atoms with Crippen LogP contribution in [0.1, 0.15) is 5.56 Å². The van der Waals surface area contributed by atoms with Gasteiger partial charge in [-0.3, -0.25) is 10.1 Å². The molecular formula is C29H17N8Na5O18S5. The summed E-state index contributed by atoms with van der Waals surface area (Å²) < 4.78 is 177. The number of azo groups is 3. The van der Waals surface area contributed by atoms with Crippen LogP contribution >= 0.6 is 0 Å². The third-order valence-electron chi connectivity index (χ3n) is 7.75. The summed E-state index contributed by atoms with van der Waals surface area (Å²) in [5, 5.41) is 42.8. The average molecular weight is 1040 g/mol. The van der Waals surface area contributed by atoms with Crippen LogP contribution in [0.3, 0.4) is 0 Å². The molecule has 0 aliphatic heterocycles. The molecule has 0 fully saturated rings. The Morgan fingerprint density at radius 3 is 1.51 bits per heavy atom. The number of phenols is 1. The molecular weight excluding hydrogens is 1020 g/mol. The smallest absolute Gasteiger partial charge is 0.744 e. The van der Waals surface area contributed by atoms with E-state index in [9.17, 15) is 80.1 Å². The number of phenolic OH excluding ortho intramolecular Hbond substituents is 1. The molecule has 0 aliphatic rings. The number of nitro benzene ring substituents is 1. The molecule has 3 N–H and O–H groups in total. The zero-order valence-corrected chi connectivity index (χ0v) is 48.1. The van der Waals surface area contributed by atoms with E-state index in [1.165, 1.54) is 25.1 Å². The van der Waals surface area contributed by atoms with Crippen molar-refractivity contribution in [1.82, 2.24) is 0 Å². The SMILES string of the molecule is Cc1cc(N=Nc2cc(S(=O)(=O)[O-])ccc2S(=O)(=O)[O-])ccc1N=Nc1cc(S(=O)(=O)[O-])c2cc(S(=O)(=O)[O-])c(N=Nc3ccc(S(=O)(=O)[O-])cc3[N+](=O)[O-])c(O)c2c1N.[Na+].[Na+].[Na+].[Na+].[Na+]. The van der Waals surface area contributed by atoms with E-state index in [1.54, 1.807) is 0 Å². The van der Waals surface area contributed by atoms with Gasteiger partial charge in [-0.25, -0.2) is 42.1 Å². The summed E-state index contributed by atoms with van der Waals surface area (Å²) in [4.78, 5) is 4.57. The Morgan fingerprint density at radius 2 is 1.00 bits per heavy atom. The summed E-state index contributed by atoms with van der Waals surface area (Å²) in [6.45, 7) is 1.40. The van der Waals surface area contributed by atoms with Gasteiger partial charge in [-0.1, -0.05) is 0 Å². The fourth-order valence-corrected chi connectivity index (χ4v) is 7.95. The molecule has 0 aliphatic carbocycles. The van der Waals surface area contributed by atoms with Gasteiger partial charge in [0, 0.05) is 11.5 Å². The van der Waals surface area contributed by atoms with Gasteiger partial charge < -0.3 is 33.6 Å². The number of nitrogen functional groups attached to an aromatic ring is 1. The summed E-state index contributed by atoms with van der Waals surface area (Å²) in [5.41, 5.74) is 0.709. The van der Waals surface area contributed by atoms with Gasteiger partial charge in [0.1, 0.15) is 67.7 Å². The van der Waals surface area contributed by atoms with Gasteiger partial charge in [-0.15, -0.1) is 20.5 Å². The summed E-state index contributed by atoms with van der Waals surface area (Å²) >= 11 is 0. The van der Waals surface area contributed by atoms with Crippen LogP contribution < -0.4 is 154 Å². The molecule has 0 heterocycles. The molecule has 0 saturated carbocycles. The van der Waals surface area contributed by atoms with Crippen LogP contribution in [0.15, 0.2) is 122 Å². The maximum atomic E-state index is 12.4. The van der Waals surface area contributed by atoms with Crippen LogP contribution in [0.25, 0.3) is 10.8 Å². The predicted molar refractivity (Wildman–Crippen MR) is 193 cm³/mol. The van der Waals surface area contributed by atoms with Gasteiger partial charge in [0.15, 0.2) is 11.4 Å².